The number of hydrogen-bond donors (Lipinski definition) is 0. The zero-order chi connectivity index (χ0) is 14.0. The molecule has 0 unspecified atom stereocenters. The van der Waals surface area contributed by atoms with Gasteiger partial charge in [-0.15, -0.1) is 11.3 Å². The molecule has 19 heavy (non-hydrogen) atoms. The minimum Gasteiger partial charge on any atom is -0.496 e. The van der Waals surface area contributed by atoms with Crippen molar-refractivity contribution in [2.45, 2.75) is 20.3 Å². The first-order chi connectivity index (χ1) is 9.01. The number of aryl methyl sites for hydroxylation is 2. The van der Waals surface area contributed by atoms with Gasteiger partial charge in [0, 0.05) is 21.3 Å². The zero-order valence-corrected chi connectivity index (χ0v) is 13.5. The third-order valence-corrected chi connectivity index (χ3v) is 4.72. The van der Waals surface area contributed by atoms with Crippen LogP contribution in [-0.4, -0.2) is 12.9 Å². The van der Waals surface area contributed by atoms with Crippen LogP contribution in [0.1, 0.15) is 25.7 Å². The summed E-state index contributed by atoms with van der Waals surface area (Å²) in [6, 6.07) is 7.68. The Kier molecular flexibility index (Phi) is 4.42. The molecule has 0 amide bonds. The fourth-order valence-electron chi connectivity index (χ4n) is 1.86. The van der Waals surface area contributed by atoms with Crippen molar-refractivity contribution in [3.05, 3.63) is 49.6 Å². The van der Waals surface area contributed by atoms with Crippen LogP contribution in [0.15, 0.2) is 28.7 Å². The monoisotopic (exact) mass is 338 g/mol. The summed E-state index contributed by atoms with van der Waals surface area (Å²) in [7, 11) is 1.62. The molecule has 2 nitrogen and oxygen atoms in total. The smallest absolute Gasteiger partial charge is 0.177 e. The summed E-state index contributed by atoms with van der Waals surface area (Å²) in [4.78, 5) is 14.3. The Morgan fingerprint density at radius 2 is 2.05 bits per heavy atom. The topological polar surface area (TPSA) is 26.3 Å². The van der Waals surface area contributed by atoms with Crippen LogP contribution in [0.25, 0.3) is 0 Å². The summed E-state index contributed by atoms with van der Waals surface area (Å²) >= 11 is 4.98. The molecule has 4 heteroatoms. The number of ether oxygens (including phenoxy) is 1. The van der Waals surface area contributed by atoms with Crippen molar-refractivity contribution < 1.29 is 9.53 Å². The molecule has 0 aliphatic carbocycles. The number of benzene rings is 1. The molecule has 0 spiro atoms. The van der Waals surface area contributed by atoms with Crippen LogP contribution in [0.4, 0.5) is 0 Å². The van der Waals surface area contributed by atoms with Gasteiger partial charge in [0.05, 0.1) is 12.0 Å². The Bertz CT molecular complexity index is 597. The highest BCUT2D eigenvalue weighted by Crippen LogP contribution is 2.27. The summed E-state index contributed by atoms with van der Waals surface area (Å²) in [5.74, 6) is 0.888. The van der Waals surface area contributed by atoms with Gasteiger partial charge in [-0.05, 0) is 43.7 Å². The van der Waals surface area contributed by atoms with E-state index in [0.717, 1.165) is 20.7 Å². The Labute approximate surface area is 125 Å². The molecule has 1 aromatic carbocycles. The first-order valence-electron chi connectivity index (χ1n) is 5.94. The van der Waals surface area contributed by atoms with E-state index in [1.807, 2.05) is 38.1 Å². The van der Waals surface area contributed by atoms with Crippen molar-refractivity contribution in [1.82, 2.24) is 0 Å². The number of halogens is 1. The summed E-state index contributed by atoms with van der Waals surface area (Å²) in [5.41, 5.74) is 2.08. The minimum absolute atomic E-state index is 0.137. The Hall–Kier alpha value is -1.13. The maximum atomic E-state index is 12.3. The minimum atomic E-state index is 0.137. The molecule has 0 aliphatic heterocycles. The number of carbonyl (C=O) groups is 1. The van der Waals surface area contributed by atoms with Gasteiger partial charge in [0.25, 0.3) is 0 Å². The first kappa shape index (κ1) is 14.3. The second kappa shape index (κ2) is 5.88. The Morgan fingerprint density at radius 3 is 2.63 bits per heavy atom. The molecule has 1 aromatic heterocycles. The molecule has 2 aromatic rings. The fraction of sp³-hybridized carbons (Fsp3) is 0.267. The van der Waals surface area contributed by atoms with Gasteiger partial charge in [-0.1, -0.05) is 15.9 Å². The van der Waals surface area contributed by atoms with Crippen molar-refractivity contribution >= 4 is 33.0 Å². The fourth-order valence-corrected chi connectivity index (χ4v) is 3.24. The molecule has 0 atom stereocenters. The van der Waals surface area contributed by atoms with Gasteiger partial charge in [-0.25, -0.2) is 0 Å². The number of ketones is 1. The van der Waals surface area contributed by atoms with Gasteiger partial charge in [0.15, 0.2) is 5.78 Å². The van der Waals surface area contributed by atoms with E-state index >= 15 is 0 Å². The molecular weight excluding hydrogens is 324 g/mol. The number of thiophene rings is 1. The highest BCUT2D eigenvalue weighted by Gasteiger charge is 2.14. The van der Waals surface area contributed by atoms with Crippen LogP contribution >= 0.6 is 27.3 Å². The summed E-state index contributed by atoms with van der Waals surface area (Å²) in [6.07, 6.45) is 0.363. The average Bonchev–Trinajstić information content (AvgIpc) is 2.70. The maximum Gasteiger partial charge on any atom is 0.177 e. The van der Waals surface area contributed by atoms with Crippen molar-refractivity contribution in [2.75, 3.05) is 7.11 Å². The van der Waals surface area contributed by atoms with E-state index in [9.17, 15) is 4.79 Å². The molecule has 0 bridgehead atoms. The van der Waals surface area contributed by atoms with E-state index in [4.69, 9.17) is 4.74 Å². The van der Waals surface area contributed by atoms with Crippen LogP contribution in [0.3, 0.4) is 0 Å². The number of carbonyl (C=O) groups excluding carboxylic acids is 1. The lowest BCUT2D eigenvalue weighted by Crippen LogP contribution is -2.03. The number of rotatable bonds is 4. The average molecular weight is 339 g/mol. The van der Waals surface area contributed by atoms with Crippen molar-refractivity contribution in [2.24, 2.45) is 0 Å². The molecule has 0 saturated carbocycles. The van der Waals surface area contributed by atoms with Gasteiger partial charge in [0.2, 0.25) is 0 Å². The SMILES string of the molecule is COc1ccc(Br)cc1CC(=O)c1cc(C)c(C)s1. The molecule has 0 N–H and O–H groups in total. The lowest BCUT2D eigenvalue weighted by molar-refractivity contribution is 0.0996. The molecule has 2 rings (SSSR count). The molecule has 0 saturated heterocycles. The van der Waals surface area contributed by atoms with Gasteiger partial charge in [-0.3, -0.25) is 4.79 Å². The summed E-state index contributed by atoms with van der Waals surface area (Å²) in [6.45, 7) is 4.07. The predicted molar refractivity (Wildman–Crippen MR) is 82.5 cm³/mol. The van der Waals surface area contributed by atoms with Crippen LogP contribution < -0.4 is 4.74 Å². The second-order valence-corrected chi connectivity index (χ2v) is 6.58. The zero-order valence-electron chi connectivity index (χ0n) is 11.1. The Balaban J connectivity index is 2.25. The standard InChI is InChI=1S/C15H15BrO2S/c1-9-6-15(19-10(9)2)13(17)8-11-7-12(16)4-5-14(11)18-3/h4-7H,8H2,1-3H3. The molecule has 0 aliphatic rings. The van der Waals surface area contributed by atoms with Crippen LogP contribution in [0, 0.1) is 13.8 Å². The van der Waals surface area contributed by atoms with Gasteiger partial charge >= 0.3 is 0 Å². The van der Waals surface area contributed by atoms with E-state index < -0.39 is 0 Å². The van der Waals surface area contributed by atoms with E-state index in [-0.39, 0.29) is 5.78 Å². The van der Waals surface area contributed by atoms with Crippen molar-refractivity contribution in [3.8, 4) is 5.75 Å². The highest BCUT2D eigenvalue weighted by molar-refractivity contribution is 9.10. The third-order valence-electron chi connectivity index (χ3n) is 3.03. The van der Waals surface area contributed by atoms with E-state index in [2.05, 4.69) is 15.9 Å². The van der Waals surface area contributed by atoms with Gasteiger partial charge < -0.3 is 4.74 Å². The van der Waals surface area contributed by atoms with E-state index in [1.54, 1.807) is 18.4 Å². The molecule has 0 radical (unpaired) electrons. The molecule has 100 valence electrons. The normalized spacial score (nSPS) is 10.5. The van der Waals surface area contributed by atoms with Crippen LogP contribution in [0.5, 0.6) is 5.75 Å². The highest BCUT2D eigenvalue weighted by atomic mass is 79.9. The second-order valence-electron chi connectivity index (χ2n) is 4.41. The van der Waals surface area contributed by atoms with E-state index in [0.29, 0.717) is 6.42 Å². The van der Waals surface area contributed by atoms with Crippen LogP contribution in [0.2, 0.25) is 0 Å². The van der Waals surface area contributed by atoms with Crippen LogP contribution in [-0.2, 0) is 6.42 Å². The maximum absolute atomic E-state index is 12.3. The number of Topliss-reactive ketones (excluding diaryl/α,β-unsaturated/α-hetero) is 1. The molecule has 1 heterocycles. The summed E-state index contributed by atoms with van der Waals surface area (Å²) < 4.78 is 6.25. The number of hydrogen-bond acceptors (Lipinski definition) is 3. The lowest BCUT2D eigenvalue weighted by atomic mass is 10.1. The van der Waals surface area contributed by atoms with Gasteiger partial charge in [0.1, 0.15) is 5.75 Å². The number of methoxy groups -OCH3 is 1. The van der Waals surface area contributed by atoms with Crippen molar-refractivity contribution in [1.29, 1.82) is 0 Å². The lowest BCUT2D eigenvalue weighted by Gasteiger charge is -2.07. The largest absolute Gasteiger partial charge is 0.496 e. The predicted octanol–water partition coefficient (Wildman–Crippen LogP) is 4.56. The van der Waals surface area contributed by atoms with E-state index in [1.165, 1.54) is 10.4 Å². The first-order valence-corrected chi connectivity index (χ1v) is 7.55. The molecule has 0 fully saturated rings. The van der Waals surface area contributed by atoms with Crippen molar-refractivity contribution in [3.63, 3.8) is 0 Å². The summed E-state index contributed by atoms with van der Waals surface area (Å²) in [5, 5.41) is 0. The van der Waals surface area contributed by atoms with Gasteiger partial charge in [-0.2, -0.15) is 0 Å². The molecular formula is C15H15BrO2S. The quantitative estimate of drug-likeness (QED) is 0.763. The Morgan fingerprint density at radius 1 is 1.32 bits per heavy atom. The third kappa shape index (κ3) is 3.25.